The lowest BCUT2D eigenvalue weighted by atomic mass is 10.1. The second kappa shape index (κ2) is 9.65. The molecule has 2 heterocycles. The number of benzene rings is 2. The van der Waals surface area contributed by atoms with Crippen LogP contribution in [0, 0.1) is 10.1 Å². The van der Waals surface area contributed by atoms with Crippen LogP contribution in [0.1, 0.15) is 16.1 Å². The van der Waals surface area contributed by atoms with E-state index in [9.17, 15) is 14.9 Å². The second-order valence-electron chi connectivity index (χ2n) is 7.16. The van der Waals surface area contributed by atoms with Crippen molar-refractivity contribution in [2.75, 3.05) is 38.2 Å². The highest BCUT2D eigenvalue weighted by molar-refractivity contribution is 7.07. The fourth-order valence-corrected chi connectivity index (χ4v) is 4.14. The SMILES string of the molecule is COc1cc(C(=O)N2CCN(c3ccccc3[N+](=O)[O-])CC2)ccc1OCc1cscn1. The third-order valence-corrected chi connectivity index (χ3v) is 5.89. The van der Waals surface area contributed by atoms with Gasteiger partial charge in [0.1, 0.15) is 12.3 Å². The van der Waals surface area contributed by atoms with Crippen LogP contribution >= 0.6 is 11.3 Å². The Morgan fingerprint density at radius 3 is 2.62 bits per heavy atom. The average molecular weight is 455 g/mol. The zero-order chi connectivity index (χ0) is 22.5. The van der Waals surface area contributed by atoms with Crippen LogP contribution in [0.15, 0.2) is 53.4 Å². The number of carbonyl (C=O) groups excluding carboxylic acids is 1. The molecule has 1 amide bonds. The Morgan fingerprint density at radius 2 is 1.94 bits per heavy atom. The first kappa shape index (κ1) is 21.6. The molecule has 9 nitrogen and oxygen atoms in total. The number of ether oxygens (including phenoxy) is 2. The summed E-state index contributed by atoms with van der Waals surface area (Å²) in [5.74, 6) is 0.902. The third kappa shape index (κ3) is 4.65. The van der Waals surface area contributed by atoms with Crippen LogP contribution in [0.2, 0.25) is 0 Å². The first-order valence-electron chi connectivity index (χ1n) is 10.0. The number of methoxy groups -OCH3 is 1. The summed E-state index contributed by atoms with van der Waals surface area (Å²) in [6.45, 7) is 2.29. The van der Waals surface area contributed by atoms with Crippen LogP contribution in [0.3, 0.4) is 0 Å². The minimum absolute atomic E-state index is 0.0743. The number of amides is 1. The van der Waals surface area contributed by atoms with E-state index in [1.165, 1.54) is 24.5 Å². The molecule has 4 rings (SSSR count). The Morgan fingerprint density at radius 1 is 1.16 bits per heavy atom. The van der Waals surface area contributed by atoms with Gasteiger partial charge in [0, 0.05) is 43.2 Å². The minimum Gasteiger partial charge on any atom is -0.493 e. The second-order valence-corrected chi connectivity index (χ2v) is 7.88. The molecule has 1 aliphatic heterocycles. The lowest BCUT2D eigenvalue weighted by Crippen LogP contribution is -2.48. The first-order chi connectivity index (χ1) is 15.6. The van der Waals surface area contributed by atoms with Crippen molar-refractivity contribution in [2.24, 2.45) is 0 Å². The van der Waals surface area contributed by atoms with E-state index < -0.39 is 0 Å². The molecule has 1 aromatic heterocycles. The maximum atomic E-state index is 13.0. The van der Waals surface area contributed by atoms with Crippen LogP contribution in [0.4, 0.5) is 11.4 Å². The van der Waals surface area contributed by atoms with Gasteiger partial charge in [-0.25, -0.2) is 4.98 Å². The quantitative estimate of drug-likeness (QED) is 0.397. The summed E-state index contributed by atoms with van der Waals surface area (Å²) in [7, 11) is 1.53. The highest BCUT2D eigenvalue weighted by Crippen LogP contribution is 2.31. The van der Waals surface area contributed by atoms with Gasteiger partial charge in [-0.2, -0.15) is 0 Å². The molecule has 0 atom stereocenters. The molecule has 0 aliphatic carbocycles. The molecule has 166 valence electrons. The summed E-state index contributed by atoms with van der Waals surface area (Å²) in [6, 6.07) is 11.8. The van der Waals surface area contributed by atoms with Crippen LogP contribution in [-0.2, 0) is 6.61 Å². The summed E-state index contributed by atoms with van der Waals surface area (Å²) in [6.07, 6.45) is 0. The van der Waals surface area contributed by atoms with Crippen LogP contribution in [0.25, 0.3) is 0 Å². The van der Waals surface area contributed by atoms with Gasteiger partial charge < -0.3 is 19.3 Å². The fraction of sp³-hybridized carbons (Fsp3) is 0.273. The van der Waals surface area contributed by atoms with Crippen LogP contribution in [-0.4, -0.2) is 54.0 Å². The van der Waals surface area contributed by atoms with Crippen molar-refractivity contribution in [3.63, 3.8) is 0 Å². The molecule has 2 aromatic carbocycles. The molecule has 0 radical (unpaired) electrons. The van der Waals surface area contributed by atoms with Crippen molar-refractivity contribution < 1.29 is 19.2 Å². The van der Waals surface area contributed by atoms with Gasteiger partial charge in [0.15, 0.2) is 11.5 Å². The molecule has 32 heavy (non-hydrogen) atoms. The average Bonchev–Trinajstić information content (AvgIpc) is 3.36. The minimum atomic E-state index is -0.378. The van der Waals surface area contributed by atoms with E-state index in [4.69, 9.17) is 9.47 Å². The van der Waals surface area contributed by atoms with E-state index in [0.717, 1.165) is 5.69 Å². The Labute approximate surface area is 189 Å². The van der Waals surface area contributed by atoms with E-state index in [1.807, 2.05) is 10.3 Å². The predicted molar refractivity (Wildman–Crippen MR) is 121 cm³/mol. The maximum absolute atomic E-state index is 13.0. The predicted octanol–water partition coefficient (Wildman–Crippen LogP) is 3.60. The molecule has 0 bridgehead atoms. The van der Waals surface area contributed by atoms with E-state index >= 15 is 0 Å². The number of piperazine rings is 1. The van der Waals surface area contributed by atoms with Crippen molar-refractivity contribution in [3.8, 4) is 11.5 Å². The van der Waals surface area contributed by atoms with Gasteiger partial charge in [-0.1, -0.05) is 12.1 Å². The van der Waals surface area contributed by atoms with E-state index in [-0.39, 0.29) is 16.5 Å². The zero-order valence-electron chi connectivity index (χ0n) is 17.5. The Kier molecular flexibility index (Phi) is 6.50. The molecular formula is C22H22N4O5S. The maximum Gasteiger partial charge on any atom is 0.292 e. The lowest BCUT2D eigenvalue weighted by Gasteiger charge is -2.35. The smallest absolute Gasteiger partial charge is 0.292 e. The van der Waals surface area contributed by atoms with Gasteiger partial charge in [0.25, 0.3) is 11.6 Å². The number of thiazole rings is 1. The monoisotopic (exact) mass is 454 g/mol. The van der Waals surface area contributed by atoms with Crippen molar-refractivity contribution >= 4 is 28.6 Å². The normalized spacial score (nSPS) is 13.7. The molecule has 0 unspecified atom stereocenters. The number of nitrogens with zero attached hydrogens (tertiary/aromatic N) is 4. The summed E-state index contributed by atoms with van der Waals surface area (Å²) in [5.41, 5.74) is 3.72. The van der Waals surface area contributed by atoms with Crippen molar-refractivity contribution in [2.45, 2.75) is 6.61 Å². The number of nitro benzene ring substituents is 1. The Hall–Kier alpha value is -3.66. The van der Waals surface area contributed by atoms with Gasteiger partial charge >= 0.3 is 0 Å². The molecule has 1 saturated heterocycles. The summed E-state index contributed by atoms with van der Waals surface area (Å²) in [5, 5.41) is 13.2. The number of nitro groups is 1. The molecule has 0 N–H and O–H groups in total. The van der Waals surface area contributed by atoms with E-state index in [0.29, 0.717) is 55.5 Å². The van der Waals surface area contributed by atoms with Gasteiger partial charge in [0.2, 0.25) is 0 Å². The summed E-state index contributed by atoms with van der Waals surface area (Å²) in [4.78, 5) is 31.8. The number of anilines is 1. The molecule has 3 aromatic rings. The molecule has 0 spiro atoms. The standard InChI is InChI=1S/C22H22N4O5S/c1-30-21-12-16(6-7-20(21)31-13-17-14-32-15-23-17)22(27)25-10-8-24(9-11-25)18-4-2-3-5-19(18)26(28)29/h2-7,12,14-15H,8-11,13H2,1H3. The van der Waals surface area contributed by atoms with E-state index in [2.05, 4.69) is 4.98 Å². The zero-order valence-corrected chi connectivity index (χ0v) is 18.3. The molecule has 0 saturated carbocycles. The third-order valence-electron chi connectivity index (χ3n) is 5.26. The molecule has 1 fully saturated rings. The highest BCUT2D eigenvalue weighted by atomic mass is 32.1. The van der Waals surface area contributed by atoms with Crippen LogP contribution < -0.4 is 14.4 Å². The lowest BCUT2D eigenvalue weighted by molar-refractivity contribution is -0.384. The topological polar surface area (TPSA) is 98.0 Å². The number of para-hydroxylation sites is 2. The Bertz CT molecular complexity index is 1100. The molecule has 10 heteroatoms. The van der Waals surface area contributed by atoms with Gasteiger partial charge in [-0.3, -0.25) is 14.9 Å². The fourth-order valence-electron chi connectivity index (χ4n) is 3.60. The van der Waals surface area contributed by atoms with Crippen molar-refractivity contribution in [1.29, 1.82) is 0 Å². The van der Waals surface area contributed by atoms with E-state index in [1.54, 1.807) is 46.8 Å². The molecular weight excluding hydrogens is 432 g/mol. The number of hydrogen-bond acceptors (Lipinski definition) is 8. The summed E-state index contributed by atoms with van der Waals surface area (Å²) < 4.78 is 11.2. The van der Waals surface area contributed by atoms with Gasteiger partial charge in [0.05, 0.1) is 23.2 Å². The van der Waals surface area contributed by atoms with Crippen LogP contribution in [0.5, 0.6) is 11.5 Å². The first-order valence-corrected chi connectivity index (χ1v) is 11.0. The Balaban J connectivity index is 1.41. The van der Waals surface area contributed by atoms with Gasteiger partial charge in [-0.15, -0.1) is 11.3 Å². The number of carbonyl (C=O) groups is 1. The molecule has 1 aliphatic rings. The van der Waals surface area contributed by atoms with Crippen molar-refractivity contribution in [3.05, 3.63) is 74.7 Å². The van der Waals surface area contributed by atoms with Gasteiger partial charge in [-0.05, 0) is 24.3 Å². The number of aromatic nitrogens is 1. The summed E-state index contributed by atoms with van der Waals surface area (Å²) >= 11 is 1.50. The van der Waals surface area contributed by atoms with Crippen molar-refractivity contribution in [1.82, 2.24) is 9.88 Å². The largest absolute Gasteiger partial charge is 0.493 e. The number of rotatable bonds is 7. The number of hydrogen-bond donors (Lipinski definition) is 0. The highest BCUT2D eigenvalue weighted by Gasteiger charge is 2.26.